The zero-order chi connectivity index (χ0) is 13.9. The Balaban J connectivity index is 2.11. The second kappa shape index (κ2) is 5.74. The summed E-state index contributed by atoms with van der Waals surface area (Å²) in [4.78, 5) is 10.8. The number of aliphatic carboxylic acids is 1. The molecule has 0 amide bonds. The lowest BCUT2D eigenvalue weighted by molar-refractivity contribution is -0.138. The first-order valence-corrected chi connectivity index (χ1v) is 7.10. The Bertz CT molecular complexity index is 431. The molecule has 3 heteroatoms. The summed E-state index contributed by atoms with van der Waals surface area (Å²) in [7, 11) is 0. The van der Waals surface area contributed by atoms with Crippen molar-refractivity contribution in [2.75, 3.05) is 0 Å². The third-order valence-corrected chi connectivity index (χ3v) is 4.17. The van der Waals surface area contributed by atoms with Gasteiger partial charge < -0.3 is 10.8 Å². The molecule has 3 N–H and O–H groups in total. The van der Waals surface area contributed by atoms with Crippen LogP contribution in [0.1, 0.15) is 62.5 Å². The van der Waals surface area contributed by atoms with Crippen molar-refractivity contribution in [2.45, 2.75) is 56.9 Å². The van der Waals surface area contributed by atoms with E-state index < -0.39 is 11.5 Å². The Morgan fingerprint density at radius 2 is 1.84 bits per heavy atom. The molecule has 1 aromatic carbocycles. The number of carboxylic acids is 1. The minimum absolute atomic E-state index is 0.0459. The van der Waals surface area contributed by atoms with E-state index in [1.54, 1.807) is 6.92 Å². The van der Waals surface area contributed by atoms with Crippen LogP contribution in [0.25, 0.3) is 0 Å². The summed E-state index contributed by atoms with van der Waals surface area (Å²) >= 11 is 0. The summed E-state index contributed by atoms with van der Waals surface area (Å²) in [6.45, 7) is 1.77. The average Bonchev–Trinajstić information content (AvgIpc) is 2.38. The molecule has 1 unspecified atom stereocenters. The molecule has 1 saturated carbocycles. The van der Waals surface area contributed by atoms with Gasteiger partial charge in [-0.05, 0) is 36.8 Å². The van der Waals surface area contributed by atoms with Gasteiger partial charge in [0.25, 0.3) is 0 Å². The Kier molecular flexibility index (Phi) is 4.25. The lowest BCUT2D eigenvalue weighted by Crippen LogP contribution is -2.35. The summed E-state index contributed by atoms with van der Waals surface area (Å²) < 4.78 is 0. The molecule has 19 heavy (non-hydrogen) atoms. The highest BCUT2D eigenvalue weighted by Crippen LogP contribution is 2.33. The highest BCUT2D eigenvalue weighted by atomic mass is 16.4. The molecule has 1 fully saturated rings. The molecule has 1 atom stereocenters. The fourth-order valence-corrected chi connectivity index (χ4v) is 2.99. The number of hydrogen-bond donors (Lipinski definition) is 2. The van der Waals surface area contributed by atoms with E-state index in [0.29, 0.717) is 5.92 Å². The lowest BCUT2D eigenvalue weighted by Gasteiger charge is -2.25. The molecule has 0 aromatic heterocycles. The number of carboxylic acid groups (broad SMARTS) is 1. The first kappa shape index (κ1) is 14.1. The van der Waals surface area contributed by atoms with Gasteiger partial charge in [0.2, 0.25) is 0 Å². The van der Waals surface area contributed by atoms with Crippen molar-refractivity contribution in [1.29, 1.82) is 0 Å². The fourth-order valence-electron chi connectivity index (χ4n) is 2.99. The van der Waals surface area contributed by atoms with Crippen LogP contribution < -0.4 is 5.73 Å². The molecule has 0 radical (unpaired) electrons. The van der Waals surface area contributed by atoms with Crippen LogP contribution in [0.4, 0.5) is 0 Å². The first-order valence-electron chi connectivity index (χ1n) is 7.10. The van der Waals surface area contributed by atoms with Gasteiger partial charge in [0.15, 0.2) is 0 Å². The lowest BCUT2D eigenvalue weighted by atomic mass is 9.82. The zero-order valence-corrected chi connectivity index (χ0v) is 11.6. The van der Waals surface area contributed by atoms with E-state index in [0.717, 1.165) is 5.56 Å². The maximum atomic E-state index is 10.8. The molecule has 1 aromatic rings. The van der Waals surface area contributed by atoms with Crippen molar-refractivity contribution in [2.24, 2.45) is 5.73 Å². The van der Waals surface area contributed by atoms with Gasteiger partial charge in [-0.1, -0.05) is 43.5 Å². The Labute approximate surface area is 114 Å². The molecule has 0 spiro atoms. The van der Waals surface area contributed by atoms with Crippen molar-refractivity contribution in [3.63, 3.8) is 0 Å². The van der Waals surface area contributed by atoms with Gasteiger partial charge >= 0.3 is 5.97 Å². The third kappa shape index (κ3) is 3.57. The number of nitrogens with two attached hydrogens (primary N) is 1. The van der Waals surface area contributed by atoms with E-state index >= 15 is 0 Å². The van der Waals surface area contributed by atoms with Gasteiger partial charge in [0.05, 0.1) is 6.42 Å². The summed E-state index contributed by atoms with van der Waals surface area (Å²) in [6.07, 6.45) is 6.49. The van der Waals surface area contributed by atoms with Crippen molar-refractivity contribution < 1.29 is 9.90 Å². The first-order chi connectivity index (χ1) is 8.99. The minimum atomic E-state index is -0.860. The standard InChI is InChI=1S/C16H23NO2/c1-16(17,11-15(18)19)14-9-7-13(8-10-14)12-5-3-2-4-6-12/h7-10,12H,2-6,11,17H2,1H3,(H,18,19). The predicted molar refractivity (Wildman–Crippen MR) is 76.1 cm³/mol. The fraction of sp³-hybridized carbons (Fsp3) is 0.562. The molecule has 0 aliphatic heterocycles. The van der Waals surface area contributed by atoms with Gasteiger partial charge in [-0.15, -0.1) is 0 Å². The Morgan fingerprint density at radius 3 is 2.37 bits per heavy atom. The Morgan fingerprint density at radius 1 is 1.26 bits per heavy atom. The van der Waals surface area contributed by atoms with Gasteiger partial charge in [-0.3, -0.25) is 4.79 Å². The van der Waals surface area contributed by atoms with Crippen LogP contribution in [0.3, 0.4) is 0 Å². The summed E-state index contributed by atoms with van der Waals surface area (Å²) in [5.41, 5.74) is 7.56. The van der Waals surface area contributed by atoms with Crippen LogP contribution in [-0.2, 0) is 10.3 Å². The van der Waals surface area contributed by atoms with Crippen LogP contribution in [0, 0.1) is 0 Å². The molecule has 0 heterocycles. The maximum Gasteiger partial charge on any atom is 0.305 e. The van der Waals surface area contributed by atoms with Crippen LogP contribution >= 0.6 is 0 Å². The number of carbonyl (C=O) groups is 1. The molecule has 0 bridgehead atoms. The zero-order valence-electron chi connectivity index (χ0n) is 11.6. The van der Waals surface area contributed by atoms with E-state index in [1.165, 1.54) is 37.7 Å². The maximum absolute atomic E-state index is 10.8. The average molecular weight is 261 g/mol. The topological polar surface area (TPSA) is 63.3 Å². The molecule has 2 rings (SSSR count). The van der Waals surface area contributed by atoms with E-state index in [2.05, 4.69) is 12.1 Å². The smallest absolute Gasteiger partial charge is 0.305 e. The minimum Gasteiger partial charge on any atom is -0.481 e. The number of benzene rings is 1. The van der Waals surface area contributed by atoms with E-state index in [1.807, 2.05) is 12.1 Å². The number of hydrogen-bond acceptors (Lipinski definition) is 2. The molecule has 0 saturated heterocycles. The van der Waals surface area contributed by atoms with Crippen LogP contribution in [-0.4, -0.2) is 11.1 Å². The normalized spacial score (nSPS) is 19.9. The van der Waals surface area contributed by atoms with Crippen molar-refractivity contribution in [1.82, 2.24) is 0 Å². The molecule has 3 nitrogen and oxygen atoms in total. The summed E-state index contributed by atoms with van der Waals surface area (Å²) in [5, 5.41) is 8.89. The van der Waals surface area contributed by atoms with Crippen LogP contribution in [0.2, 0.25) is 0 Å². The van der Waals surface area contributed by atoms with Gasteiger partial charge in [-0.2, -0.15) is 0 Å². The van der Waals surface area contributed by atoms with E-state index in [4.69, 9.17) is 10.8 Å². The van der Waals surface area contributed by atoms with Gasteiger partial charge in [0.1, 0.15) is 0 Å². The van der Waals surface area contributed by atoms with Crippen LogP contribution in [0.5, 0.6) is 0 Å². The van der Waals surface area contributed by atoms with Crippen LogP contribution in [0.15, 0.2) is 24.3 Å². The van der Waals surface area contributed by atoms with E-state index in [-0.39, 0.29) is 6.42 Å². The Hall–Kier alpha value is -1.35. The highest BCUT2D eigenvalue weighted by molar-refractivity contribution is 5.68. The highest BCUT2D eigenvalue weighted by Gasteiger charge is 2.25. The third-order valence-electron chi connectivity index (χ3n) is 4.17. The van der Waals surface area contributed by atoms with Gasteiger partial charge in [0, 0.05) is 5.54 Å². The number of rotatable bonds is 4. The predicted octanol–water partition coefficient (Wildman–Crippen LogP) is 3.38. The molecule has 1 aliphatic rings. The summed E-state index contributed by atoms with van der Waals surface area (Å²) in [6, 6.07) is 8.23. The molecular formula is C16H23NO2. The van der Waals surface area contributed by atoms with Crippen molar-refractivity contribution >= 4 is 5.97 Å². The second-order valence-electron chi connectivity index (χ2n) is 5.94. The summed E-state index contributed by atoms with van der Waals surface area (Å²) in [5.74, 6) is -0.187. The quantitative estimate of drug-likeness (QED) is 0.873. The molecule has 104 valence electrons. The van der Waals surface area contributed by atoms with Crippen molar-refractivity contribution in [3.05, 3.63) is 35.4 Å². The van der Waals surface area contributed by atoms with Crippen molar-refractivity contribution in [3.8, 4) is 0 Å². The van der Waals surface area contributed by atoms with E-state index in [9.17, 15) is 4.79 Å². The monoisotopic (exact) mass is 261 g/mol. The van der Waals surface area contributed by atoms with Gasteiger partial charge in [-0.25, -0.2) is 0 Å². The molecule has 1 aliphatic carbocycles. The molecular weight excluding hydrogens is 238 g/mol. The largest absolute Gasteiger partial charge is 0.481 e. The second-order valence-corrected chi connectivity index (χ2v) is 5.94. The SMILES string of the molecule is CC(N)(CC(=O)O)c1ccc(C2CCCCC2)cc1.